The van der Waals surface area contributed by atoms with Crippen molar-refractivity contribution >= 4 is 17.9 Å². The average Bonchev–Trinajstić information content (AvgIpc) is 2.93. The van der Waals surface area contributed by atoms with E-state index in [1.54, 1.807) is 0 Å². The maximum absolute atomic E-state index is 12.3. The maximum Gasteiger partial charge on any atom is 0.303 e. The molecule has 6 aliphatic rings. The largest absolute Gasteiger partial charge is 0.462 e. The van der Waals surface area contributed by atoms with Gasteiger partial charge in [0.1, 0.15) is 24.4 Å². The van der Waals surface area contributed by atoms with Gasteiger partial charge in [0.25, 0.3) is 0 Å². The quantitative estimate of drug-likeness (QED) is 0.345. The van der Waals surface area contributed by atoms with E-state index in [0.29, 0.717) is 31.3 Å². The van der Waals surface area contributed by atoms with Crippen LogP contribution in [0.15, 0.2) is 12.2 Å². The Morgan fingerprint density at radius 3 is 2.26 bits per heavy atom. The molecule has 9 nitrogen and oxygen atoms in total. The third-order valence-corrected chi connectivity index (χ3v) is 9.84. The summed E-state index contributed by atoms with van der Waals surface area (Å²) in [6, 6.07) is 0. The van der Waals surface area contributed by atoms with E-state index in [1.807, 2.05) is 13.8 Å². The van der Waals surface area contributed by atoms with Crippen LogP contribution in [0.1, 0.15) is 60.3 Å². The second kappa shape index (κ2) is 7.52. The molecule has 4 saturated carbocycles. The predicted octanol–water partition coefficient (Wildman–Crippen LogP) is 1.88. The number of aliphatic hydroxyl groups excluding tert-OH is 1. The fraction of sp³-hybridized carbons (Fsp3) is 0.808. The lowest BCUT2D eigenvalue weighted by atomic mass is 9.35. The first kappa shape index (κ1) is 24.7. The van der Waals surface area contributed by atoms with Gasteiger partial charge in [0.15, 0.2) is 0 Å². The molecule has 0 aromatic heterocycles. The van der Waals surface area contributed by atoms with Crippen LogP contribution < -0.4 is 0 Å². The molecular formula is C26H36O9. The van der Waals surface area contributed by atoms with Crippen molar-refractivity contribution in [3.05, 3.63) is 12.2 Å². The first-order valence-corrected chi connectivity index (χ1v) is 12.5. The van der Waals surface area contributed by atoms with Gasteiger partial charge < -0.3 is 29.2 Å². The van der Waals surface area contributed by atoms with Crippen molar-refractivity contribution < 1.29 is 43.5 Å². The van der Waals surface area contributed by atoms with Crippen molar-refractivity contribution in [2.45, 2.75) is 90.5 Å². The van der Waals surface area contributed by atoms with Crippen LogP contribution in [0.2, 0.25) is 0 Å². The van der Waals surface area contributed by atoms with Gasteiger partial charge in [-0.1, -0.05) is 20.4 Å². The van der Waals surface area contributed by atoms with E-state index < -0.39 is 76.2 Å². The smallest absolute Gasteiger partial charge is 0.303 e. The van der Waals surface area contributed by atoms with Crippen LogP contribution in [0.4, 0.5) is 0 Å². The Morgan fingerprint density at radius 2 is 1.66 bits per heavy atom. The summed E-state index contributed by atoms with van der Waals surface area (Å²) in [5, 5.41) is 24.2. The van der Waals surface area contributed by atoms with Gasteiger partial charge >= 0.3 is 17.9 Å². The number of carbonyl (C=O) groups is 3. The van der Waals surface area contributed by atoms with Gasteiger partial charge in [-0.2, -0.15) is 0 Å². The lowest BCUT2D eigenvalue weighted by Gasteiger charge is -2.75. The van der Waals surface area contributed by atoms with Gasteiger partial charge in [-0.25, -0.2) is 0 Å². The Balaban J connectivity index is 1.80. The lowest BCUT2D eigenvalue weighted by Crippen LogP contribution is -2.85. The Morgan fingerprint density at radius 1 is 1.03 bits per heavy atom. The van der Waals surface area contributed by atoms with Gasteiger partial charge in [0.05, 0.1) is 12.0 Å². The van der Waals surface area contributed by atoms with Crippen LogP contribution in [0.25, 0.3) is 0 Å². The first-order valence-electron chi connectivity index (χ1n) is 12.5. The monoisotopic (exact) mass is 492 g/mol. The van der Waals surface area contributed by atoms with E-state index >= 15 is 0 Å². The molecule has 10 atom stereocenters. The van der Waals surface area contributed by atoms with Crippen molar-refractivity contribution in [2.24, 2.45) is 34.0 Å². The molecule has 2 saturated heterocycles. The van der Waals surface area contributed by atoms with Gasteiger partial charge in [-0.15, -0.1) is 0 Å². The van der Waals surface area contributed by atoms with Crippen molar-refractivity contribution in [1.29, 1.82) is 0 Å². The molecule has 0 radical (unpaired) electrons. The van der Waals surface area contributed by atoms with E-state index in [0.717, 1.165) is 0 Å². The van der Waals surface area contributed by atoms with Crippen molar-refractivity contribution in [3.8, 4) is 0 Å². The minimum absolute atomic E-state index is 0.0146. The second-order valence-corrected chi connectivity index (χ2v) is 12.0. The maximum atomic E-state index is 12.3. The van der Waals surface area contributed by atoms with Crippen LogP contribution in [-0.4, -0.2) is 64.9 Å². The van der Waals surface area contributed by atoms with E-state index in [2.05, 4.69) is 6.58 Å². The number of hydrogen-bond donors (Lipinski definition) is 2. The zero-order chi connectivity index (χ0) is 25.7. The highest BCUT2D eigenvalue weighted by atomic mass is 16.7. The zero-order valence-electron chi connectivity index (χ0n) is 21.0. The fourth-order valence-corrected chi connectivity index (χ4v) is 9.09. The standard InChI is InChI=1S/C26H36O9/c1-12-16-9-17(33-13(2)27)19-24-11-32-26(31,25(19,10-16)22(12)35-15(4)29)21(30)20(24)23(5,6)8-7-18(24)34-14(3)28/h16-22,30-31H,1,7-11H2,2-6H3. The molecule has 2 heterocycles. The molecule has 10 unspecified atom stereocenters. The summed E-state index contributed by atoms with van der Waals surface area (Å²) in [6.07, 6.45) is -1.62. The van der Waals surface area contributed by atoms with Crippen LogP contribution in [0, 0.1) is 34.0 Å². The topological polar surface area (TPSA) is 129 Å². The van der Waals surface area contributed by atoms with Crippen LogP contribution in [0.5, 0.6) is 0 Å². The second-order valence-electron chi connectivity index (χ2n) is 12.0. The summed E-state index contributed by atoms with van der Waals surface area (Å²) in [5.41, 5.74) is -2.13. The summed E-state index contributed by atoms with van der Waals surface area (Å²) in [4.78, 5) is 36.8. The molecule has 0 aromatic rings. The number of esters is 3. The molecule has 6 fully saturated rings. The predicted molar refractivity (Wildman–Crippen MR) is 120 cm³/mol. The number of aliphatic hydroxyl groups is 2. The summed E-state index contributed by atoms with van der Waals surface area (Å²) >= 11 is 0. The summed E-state index contributed by atoms with van der Waals surface area (Å²) in [6.45, 7) is 12.3. The number of ether oxygens (including phenoxy) is 4. The molecule has 35 heavy (non-hydrogen) atoms. The Bertz CT molecular complexity index is 989. The SMILES string of the molecule is C=C1C2CC(OC(C)=O)C3C45COC(O)(C(O)C4C(C)(C)CCC5OC(C)=O)C3(C2)C1OC(C)=O. The highest BCUT2D eigenvalue weighted by Crippen LogP contribution is 2.78. The molecule has 2 aliphatic heterocycles. The highest BCUT2D eigenvalue weighted by Gasteiger charge is 2.87. The molecule has 4 bridgehead atoms. The molecule has 6 rings (SSSR count). The van der Waals surface area contributed by atoms with Crippen molar-refractivity contribution in [3.63, 3.8) is 0 Å². The number of hydrogen-bond acceptors (Lipinski definition) is 9. The Labute approximate surface area is 205 Å². The Kier molecular flexibility index (Phi) is 5.31. The number of carbonyl (C=O) groups excluding carboxylic acids is 3. The van der Waals surface area contributed by atoms with Crippen LogP contribution in [0.3, 0.4) is 0 Å². The normalized spacial score (nSPS) is 49.0. The zero-order valence-corrected chi connectivity index (χ0v) is 21.0. The lowest BCUT2D eigenvalue weighted by molar-refractivity contribution is -0.472. The van der Waals surface area contributed by atoms with E-state index in [9.17, 15) is 24.6 Å². The fourth-order valence-electron chi connectivity index (χ4n) is 9.09. The molecule has 0 aromatic carbocycles. The minimum atomic E-state index is -2.07. The van der Waals surface area contributed by atoms with Gasteiger partial charge in [0, 0.05) is 38.0 Å². The van der Waals surface area contributed by atoms with Crippen molar-refractivity contribution in [2.75, 3.05) is 6.61 Å². The Hall–Kier alpha value is -1.97. The summed E-state index contributed by atoms with van der Waals surface area (Å²) < 4.78 is 23.9. The van der Waals surface area contributed by atoms with Gasteiger partial charge in [-0.3, -0.25) is 14.4 Å². The van der Waals surface area contributed by atoms with Gasteiger partial charge in [0.2, 0.25) is 5.79 Å². The first-order chi connectivity index (χ1) is 16.2. The molecule has 4 aliphatic carbocycles. The molecule has 9 heteroatoms. The summed E-state index contributed by atoms with van der Waals surface area (Å²) in [7, 11) is 0. The molecule has 0 amide bonds. The van der Waals surface area contributed by atoms with Gasteiger partial charge in [-0.05, 0) is 42.6 Å². The van der Waals surface area contributed by atoms with Crippen LogP contribution >= 0.6 is 0 Å². The third kappa shape index (κ3) is 2.95. The number of fused-ring (bicyclic) bond motifs is 2. The molecule has 2 N–H and O–H groups in total. The van der Waals surface area contributed by atoms with E-state index in [1.165, 1.54) is 20.8 Å². The third-order valence-electron chi connectivity index (χ3n) is 9.84. The van der Waals surface area contributed by atoms with Crippen LogP contribution in [-0.2, 0) is 33.3 Å². The molecule has 2 spiro atoms. The van der Waals surface area contributed by atoms with Crippen molar-refractivity contribution in [1.82, 2.24) is 0 Å². The van der Waals surface area contributed by atoms with E-state index in [4.69, 9.17) is 18.9 Å². The minimum Gasteiger partial charge on any atom is -0.462 e. The number of rotatable bonds is 3. The average molecular weight is 493 g/mol. The molecule has 194 valence electrons. The highest BCUT2D eigenvalue weighted by molar-refractivity contribution is 5.68. The molecular weight excluding hydrogens is 456 g/mol. The summed E-state index contributed by atoms with van der Waals surface area (Å²) in [5.74, 6) is -4.88. The van der Waals surface area contributed by atoms with E-state index in [-0.39, 0.29) is 12.5 Å².